The molecule has 0 aromatic rings. The molecule has 0 amide bonds. The van der Waals surface area contributed by atoms with Crippen LogP contribution in [0.3, 0.4) is 0 Å². The van der Waals surface area contributed by atoms with E-state index in [1.54, 1.807) is 0 Å². The van der Waals surface area contributed by atoms with E-state index in [1.807, 2.05) is 0 Å². The van der Waals surface area contributed by atoms with Crippen LogP contribution in [0.5, 0.6) is 0 Å². The fraction of sp³-hybridized carbons (Fsp3) is 0.889. The predicted molar refractivity (Wildman–Crippen MR) is 46.0 cm³/mol. The molecule has 90 valence electrons. The molecule has 0 radical (unpaired) electrons. The lowest BCUT2D eigenvalue weighted by atomic mass is 9.91. The lowest BCUT2D eigenvalue weighted by molar-refractivity contribution is -0.186. The van der Waals surface area contributed by atoms with Crippen molar-refractivity contribution in [2.24, 2.45) is 5.41 Å². The Morgan fingerprint density at radius 1 is 1.47 bits per heavy atom. The normalized spacial score (nSPS) is 16.0. The summed E-state index contributed by atoms with van der Waals surface area (Å²) in [6, 6.07) is 0. The minimum atomic E-state index is -4.42. The number of carbonyl (C=O) groups is 1. The number of esters is 1. The first-order valence-corrected chi connectivity index (χ1v) is 4.15. The molecular weight excluding hydrogens is 216 g/mol. The second kappa shape index (κ2) is 4.81. The average Bonchev–Trinajstić information content (AvgIpc) is 2.12. The highest BCUT2D eigenvalue weighted by atomic mass is 19.3. The van der Waals surface area contributed by atoms with Gasteiger partial charge in [-0.3, -0.25) is 4.79 Å². The Morgan fingerprint density at radius 3 is 2.27 bits per heavy atom. The maximum Gasteiger partial charge on any atom is 0.340 e. The molecule has 6 heteroatoms. The summed E-state index contributed by atoms with van der Waals surface area (Å²) in [5, 5.41) is 0. The van der Waals surface area contributed by atoms with Crippen molar-refractivity contribution >= 4 is 5.97 Å². The quantitative estimate of drug-likeness (QED) is 0.538. The molecule has 0 bridgehead atoms. The fourth-order valence-corrected chi connectivity index (χ4v) is 0.507. The molecular formula is C9H14F4O2. The molecule has 0 aliphatic heterocycles. The van der Waals surface area contributed by atoms with Crippen LogP contribution in [-0.4, -0.2) is 24.9 Å². The van der Waals surface area contributed by atoms with Gasteiger partial charge < -0.3 is 4.74 Å². The monoisotopic (exact) mass is 232 g/mol. The molecule has 0 aromatic carbocycles. The standard InChI is InChI=1S/C9H14F4O2/c1-4-8(2,3)7(14)15-5-9(12,13)6(10)11/h6H,4-5H2,1-3H3/i4D2. The van der Waals surface area contributed by atoms with Gasteiger partial charge in [0.15, 0.2) is 6.61 Å². The highest BCUT2D eigenvalue weighted by Gasteiger charge is 2.43. The van der Waals surface area contributed by atoms with Gasteiger partial charge in [0.05, 0.1) is 5.41 Å². The summed E-state index contributed by atoms with van der Waals surface area (Å²) in [7, 11) is 0. The molecule has 0 atom stereocenters. The van der Waals surface area contributed by atoms with E-state index in [4.69, 9.17) is 2.74 Å². The number of hydrogen-bond donors (Lipinski definition) is 0. The van der Waals surface area contributed by atoms with E-state index in [9.17, 15) is 22.4 Å². The van der Waals surface area contributed by atoms with Crippen molar-refractivity contribution in [1.29, 1.82) is 0 Å². The topological polar surface area (TPSA) is 26.3 Å². The van der Waals surface area contributed by atoms with Crippen LogP contribution in [-0.2, 0) is 9.53 Å². The van der Waals surface area contributed by atoms with Gasteiger partial charge in [-0.05, 0) is 20.2 Å². The van der Waals surface area contributed by atoms with Crippen molar-refractivity contribution in [3.8, 4) is 0 Å². The van der Waals surface area contributed by atoms with E-state index in [0.29, 0.717) is 0 Å². The van der Waals surface area contributed by atoms with Crippen LogP contribution >= 0.6 is 0 Å². The first-order valence-electron chi connectivity index (χ1n) is 5.15. The van der Waals surface area contributed by atoms with E-state index in [1.165, 1.54) is 0 Å². The number of alkyl halides is 4. The Hall–Kier alpha value is -0.810. The number of ether oxygens (including phenoxy) is 1. The second-order valence-electron chi connectivity index (χ2n) is 3.51. The van der Waals surface area contributed by atoms with Gasteiger partial charge in [0.25, 0.3) is 0 Å². The van der Waals surface area contributed by atoms with Crippen LogP contribution < -0.4 is 0 Å². The molecule has 0 spiro atoms. The Kier molecular flexibility index (Phi) is 3.43. The molecule has 15 heavy (non-hydrogen) atoms. The third-order valence-corrected chi connectivity index (χ3v) is 1.85. The molecule has 0 fully saturated rings. The molecule has 0 aliphatic carbocycles. The Morgan fingerprint density at radius 2 is 1.93 bits per heavy atom. The molecule has 0 heterocycles. The first-order chi connectivity index (χ1) is 7.32. The van der Waals surface area contributed by atoms with Crippen molar-refractivity contribution in [3.05, 3.63) is 0 Å². The number of carbonyl (C=O) groups excluding carboxylic acids is 1. The van der Waals surface area contributed by atoms with Crippen LogP contribution in [0.25, 0.3) is 0 Å². The van der Waals surface area contributed by atoms with Gasteiger partial charge in [0.2, 0.25) is 0 Å². The van der Waals surface area contributed by atoms with Gasteiger partial charge in [-0.1, -0.05) is 6.92 Å². The van der Waals surface area contributed by atoms with Crippen molar-refractivity contribution in [1.82, 2.24) is 0 Å². The smallest absolute Gasteiger partial charge is 0.340 e. The zero-order chi connectivity index (χ0) is 14.1. The summed E-state index contributed by atoms with van der Waals surface area (Å²) >= 11 is 0. The Balaban J connectivity index is 4.59. The SMILES string of the molecule is [2H]C([2H])(C)C(C)(C)C(=O)OCC(F)(F)C(F)F. The molecule has 0 saturated heterocycles. The highest BCUT2D eigenvalue weighted by molar-refractivity contribution is 5.75. The van der Waals surface area contributed by atoms with Gasteiger partial charge in [0, 0.05) is 2.74 Å². The Bertz CT molecular complexity index is 287. The minimum absolute atomic E-state index is 1.07. The molecule has 0 rings (SSSR count). The van der Waals surface area contributed by atoms with Crippen molar-refractivity contribution < 1.29 is 29.8 Å². The van der Waals surface area contributed by atoms with Crippen molar-refractivity contribution in [2.45, 2.75) is 39.5 Å². The number of hydrogen-bond acceptors (Lipinski definition) is 2. The number of rotatable bonds is 5. The summed E-state index contributed by atoms with van der Waals surface area (Å²) < 4.78 is 67.2. The zero-order valence-corrected chi connectivity index (χ0v) is 8.61. The molecule has 0 unspecified atom stereocenters. The van der Waals surface area contributed by atoms with E-state index < -0.39 is 36.7 Å². The van der Waals surface area contributed by atoms with Gasteiger partial charge in [-0.15, -0.1) is 0 Å². The van der Waals surface area contributed by atoms with Crippen LogP contribution in [0.4, 0.5) is 17.6 Å². The lowest BCUT2D eigenvalue weighted by Gasteiger charge is -2.22. The minimum Gasteiger partial charge on any atom is -0.459 e. The van der Waals surface area contributed by atoms with Crippen LogP contribution in [0.15, 0.2) is 0 Å². The summed E-state index contributed by atoms with van der Waals surface area (Å²) in [5.74, 6) is -5.71. The zero-order valence-electron chi connectivity index (χ0n) is 10.6. The third-order valence-electron chi connectivity index (χ3n) is 1.85. The van der Waals surface area contributed by atoms with Crippen molar-refractivity contribution in [3.63, 3.8) is 0 Å². The Labute approximate surface area is 88.4 Å². The van der Waals surface area contributed by atoms with Crippen LogP contribution in [0.2, 0.25) is 0 Å². The van der Waals surface area contributed by atoms with Gasteiger partial charge in [-0.25, -0.2) is 8.78 Å². The van der Waals surface area contributed by atoms with Crippen LogP contribution in [0, 0.1) is 5.41 Å². The highest BCUT2D eigenvalue weighted by Crippen LogP contribution is 2.26. The average molecular weight is 232 g/mol. The largest absolute Gasteiger partial charge is 0.459 e. The van der Waals surface area contributed by atoms with Crippen LogP contribution in [0.1, 0.15) is 29.9 Å². The first kappa shape index (κ1) is 10.7. The van der Waals surface area contributed by atoms with E-state index in [2.05, 4.69) is 4.74 Å². The van der Waals surface area contributed by atoms with Gasteiger partial charge in [0.1, 0.15) is 0 Å². The predicted octanol–water partition coefficient (Wildman–Crippen LogP) is 2.87. The fourth-order valence-electron chi connectivity index (χ4n) is 0.507. The van der Waals surface area contributed by atoms with Gasteiger partial charge >= 0.3 is 18.3 Å². The van der Waals surface area contributed by atoms with Crippen molar-refractivity contribution in [2.75, 3.05) is 6.61 Å². The maximum absolute atomic E-state index is 12.5. The lowest BCUT2D eigenvalue weighted by Crippen LogP contribution is -2.36. The van der Waals surface area contributed by atoms with Gasteiger partial charge in [-0.2, -0.15) is 8.78 Å². The summed E-state index contributed by atoms with van der Waals surface area (Å²) in [6.07, 6.45) is -5.96. The van der Waals surface area contributed by atoms with E-state index in [-0.39, 0.29) is 0 Å². The molecule has 0 aromatic heterocycles. The van der Waals surface area contributed by atoms with E-state index >= 15 is 0 Å². The summed E-state index contributed by atoms with van der Waals surface area (Å²) in [4.78, 5) is 11.3. The molecule has 0 N–H and O–H groups in total. The molecule has 0 aliphatic rings. The number of halogens is 4. The van der Waals surface area contributed by atoms with E-state index in [0.717, 1.165) is 20.8 Å². The molecule has 0 saturated carbocycles. The molecule has 2 nitrogen and oxygen atoms in total. The maximum atomic E-state index is 12.5. The summed E-state index contributed by atoms with van der Waals surface area (Å²) in [5.41, 5.74) is -1.70. The summed E-state index contributed by atoms with van der Waals surface area (Å²) in [6.45, 7) is 1.61. The third kappa shape index (κ3) is 4.05. The second-order valence-corrected chi connectivity index (χ2v) is 3.51.